The third-order valence-corrected chi connectivity index (χ3v) is 3.46. The van der Waals surface area contributed by atoms with Gasteiger partial charge in [0.25, 0.3) is 0 Å². The minimum Gasteiger partial charge on any atom is -0.292 e. The van der Waals surface area contributed by atoms with Crippen LogP contribution < -0.4 is 0 Å². The van der Waals surface area contributed by atoms with Crippen molar-refractivity contribution in [3.63, 3.8) is 0 Å². The van der Waals surface area contributed by atoms with Crippen LogP contribution >= 0.6 is 0 Å². The fourth-order valence-electron chi connectivity index (χ4n) is 2.24. The molecule has 7 heteroatoms. The summed E-state index contributed by atoms with van der Waals surface area (Å²) >= 11 is 0. The molecule has 0 bridgehead atoms. The lowest BCUT2D eigenvalue weighted by molar-refractivity contribution is -0.149. The Hall–Kier alpha value is -1.50. The molecule has 1 aromatic rings. The standard InChI is InChI=1S/C14H14F5NO/c1-8(20(10-3-4-10)7-14(17,18)19)13(21)9-2-5-11(15)12(16)6-9/h2,5-6,8,10H,3-4,7H2,1H3. The number of nitrogens with zero attached hydrogens (tertiary/aromatic N) is 1. The van der Waals surface area contributed by atoms with Crippen molar-refractivity contribution < 1.29 is 26.7 Å². The SMILES string of the molecule is CC(C(=O)c1ccc(F)c(F)c1)N(CC(F)(F)F)C1CC1. The lowest BCUT2D eigenvalue weighted by atomic mass is 10.0. The van der Waals surface area contributed by atoms with Crippen molar-refractivity contribution in [3.8, 4) is 0 Å². The zero-order valence-corrected chi connectivity index (χ0v) is 11.3. The van der Waals surface area contributed by atoms with Gasteiger partial charge >= 0.3 is 6.18 Å². The molecule has 1 atom stereocenters. The second-order valence-corrected chi connectivity index (χ2v) is 5.19. The highest BCUT2D eigenvalue weighted by Crippen LogP contribution is 2.32. The summed E-state index contributed by atoms with van der Waals surface area (Å²) in [6.07, 6.45) is -3.21. The van der Waals surface area contributed by atoms with E-state index in [1.54, 1.807) is 0 Å². The summed E-state index contributed by atoms with van der Waals surface area (Å²) in [5.74, 6) is -2.94. The van der Waals surface area contributed by atoms with Gasteiger partial charge in [-0.1, -0.05) is 0 Å². The van der Waals surface area contributed by atoms with Crippen LogP contribution in [0.5, 0.6) is 0 Å². The fraction of sp³-hybridized carbons (Fsp3) is 0.500. The molecule has 0 radical (unpaired) electrons. The molecule has 1 unspecified atom stereocenters. The molecule has 1 saturated carbocycles. The normalized spacial score (nSPS) is 17.1. The third-order valence-electron chi connectivity index (χ3n) is 3.46. The van der Waals surface area contributed by atoms with Gasteiger partial charge in [-0.2, -0.15) is 13.2 Å². The maximum absolute atomic E-state index is 13.1. The zero-order valence-electron chi connectivity index (χ0n) is 11.3. The monoisotopic (exact) mass is 307 g/mol. The van der Waals surface area contributed by atoms with Crippen molar-refractivity contribution in [2.45, 2.75) is 38.0 Å². The quantitative estimate of drug-likeness (QED) is 0.612. The van der Waals surface area contributed by atoms with Gasteiger partial charge in [0, 0.05) is 11.6 Å². The lowest BCUT2D eigenvalue weighted by Gasteiger charge is -2.29. The molecule has 0 amide bonds. The molecular weight excluding hydrogens is 293 g/mol. The maximum atomic E-state index is 13.1. The summed E-state index contributed by atoms with van der Waals surface area (Å²) < 4.78 is 63.7. The Bertz CT molecular complexity index is 539. The first-order valence-electron chi connectivity index (χ1n) is 6.51. The van der Waals surface area contributed by atoms with E-state index >= 15 is 0 Å². The number of alkyl halides is 3. The van der Waals surface area contributed by atoms with Crippen molar-refractivity contribution in [1.82, 2.24) is 4.90 Å². The summed E-state index contributed by atoms with van der Waals surface area (Å²) in [6, 6.07) is 1.27. The first-order valence-corrected chi connectivity index (χ1v) is 6.51. The molecule has 0 aliphatic heterocycles. The molecule has 0 heterocycles. The van der Waals surface area contributed by atoms with E-state index in [1.807, 2.05) is 0 Å². The summed E-state index contributed by atoms with van der Waals surface area (Å²) in [6.45, 7) is 0.169. The number of hydrogen-bond acceptors (Lipinski definition) is 2. The molecule has 21 heavy (non-hydrogen) atoms. The predicted octanol–water partition coefficient (Wildman–Crippen LogP) is 3.56. The van der Waals surface area contributed by atoms with Crippen LogP contribution in [0.4, 0.5) is 22.0 Å². The Morgan fingerprint density at radius 1 is 1.29 bits per heavy atom. The summed E-state index contributed by atoms with van der Waals surface area (Å²) in [5, 5.41) is 0. The highest BCUT2D eigenvalue weighted by atomic mass is 19.4. The third kappa shape index (κ3) is 4.00. The molecular formula is C14H14F5NO. The predicted molar refractivity (Wildman–Crippen MR) is 65.9 cm³/mol. The molecule has 1 fully saturated rings. The molecule has 2 nitrogen and oxygen atoms in total. The molecule has 0 aromatic heterocycles. The largest absolute Gasteiger partial charge is 0.401 e. The first kappa shape index (κ1) is 15.9. The van der Waals surface area contributed by atoms with Crippen LogP contribution in [0.3, 0.4) is 0 Å². The Morgan fingerprint density at radius 2 is 1.90 bits per heavy atom. The van der Waals surface area contributed by atoms with E-state index in [-0.39, 0.29) is 11.6 Å². The number of carbonyl (C=O) groups is 1. The molecule has 1 aromatic carbocycles. The van der Waals surface area contributed by atoms with Crippen LogP contribution in [0.25, 0.3) is 0 Å². The van der Waals surface area contributed by atoms with Gasteiger partial charge in [-0.05, 0) is 38.0 Å². The van der Waals surface area contributed by atoms with E-state index in [2.05, 4.69) is 0 Å². The molecule has 116 valence electrons. The molecule has 0 saturated heterocycles. The van der Waals surface area contributed by atoms with Crippen LogP contribution in [-0.4, -0.2) is 35.5 Å². The maximum Gasteiger partial charge on any atom is 0.401 e. The molecule has 0 N–H and O–H groups in total. The van der Waals surface area contributed by atoms with E-state index in [0.717, 1.165) is 17.0 Å². The molecule has 1 aliphatic carbocycles. The van der Waals surface area contributed by atoms with Gasteiger partial charge in [-0.25, -0.2) is 8.78 Å². The van der Waals surface area contributed by atoms with Crippen LogP contribution in [-0.2, 0) is 0 Å². The Morgan fingerprint density at radius 3 is 2.38 bits per heavy atom. The number of halogens is 5. The van der Waals surface area contributed by atoms with E-state index < -0.39 is 36.2 Å². The van der Waals surface area contributed by atoms with E-state index in [4.69, 9.17) is 0 Å². The van der Waals surface area contributed by atoms with Crippen molar-refractivity contribution in [2.75, 3.05) is 6.54 Å². The van der Waals surface area contributed by atoms with Crippen LogP contribution in [0.2, 0.25) is 0 Å². The van der Waals surface area contributed by atoms with E-state index in [1.165, 1.54) is 6.92 Å². The Kier molecular flexibility index (Phi) is 4.32. The summed E-state index contributed by atoms with van der Waals surface area (Å²) in [5.41, 5.74) is -0.130. The highest BCUT2D eigenvalue weighted by molar-refractivity contribution is 5.99. The Labute approximate surface area is 118 Å². The zero-order chi connectivity index (χ0) is 15.8. The topological polar surface area (TPSA) is 20.3 Å². The molecule has 0 spiro atoms. The minimum atomic E-state index is -4.41. The second kappa shape index (κ2) is 5.71. The van der Waals surface area contributed by atoms with Gasteiger partial charge in [-0.3, -0.25) is 9.69 Å². The van der Waals surface area contributed by atoms with Crippen molar-refractivity contribution in [2.24, 2.45) is 0 Å². The van der Waals surface area contributed by atoms with Gasteiger partial charge in [0.05, 0.1) is 12.6 Å². The van der Waals surface area contributed by atoms with Crippen molar-refractivity contribution in [3.05, 3.63) is 35.4 Å². The number of ketones is 1. The summed E-state index contributed by atoms with van der Waals surface area (Å²) in [4.78, 5) is 13.2. The van der Waals surface area contributed by atoms with Crippen molar-refractivity contribution in [1.29, 1.82) is 0 Å². The van der Waals surface area contributed by atoms with Gasteiger partial charge < -0.3 is 0 Å². The smallest absolute Gasteiger partial charge is 0.292 e. The number of hydrogen-bond donors (Lipinski definition) is 0. The first-order chi connectivity index (χ1) is 9.69. The number of carbonyl (C=O) groups excluding carboxylic acids is 1. The average Bonchev–Trinajstić information content (AvgIpc) is 3.21. The van der Waals surface area contributed by atoms with Gasteiger partial charge in [0.2, 0.25) is 0 Å². The van der Waals surface area contributed by atoms with Crippen LogP contribution in [0.1, 0.15) is 30.1 Å². The van der Waals surface area contributed by atoms with Gasteiger partial charge in [0.15, 0.2) is 17.4 Å². The molecule has 1 aliphatic rings. The van der Waals surface area contributed by atoms with E-state index in [0.29, 0.717) is 18.9 Å². The van der Waals surface area contributed by atoms with Gasteiger partial charge in [-0.15, -0.1) is 0 Å². The second-order valence-electron chi connectivity index (χ2n) is 5.19. The van der Waals surface area contributed by atoms with E-state index in [9.17, 15) is 26.7 Å². The Balaban J connectivity index is 2.17. The number of benzene rings is 1. The average molecular weight is 307 g/mol. The fourth-order valence-corrected chi connectivity index (χ4v) is 2.24. The van der Waals surface area contributed by atoms with Crippen LogP contribution in [0.15, 0.2) is 18.2 Å². The van der Waals surface area contributed by atoms with Crippen LogP contribution in [0, 0.1) is 11.6 Å². The lowest BCUT2D eigenvalue weighted by Crippen LogP contribution is -2.45. The minimum absolute atomic E-state index is 0.130. The number of Topliss-reactive ketones (excluding diaryl/α,β-unsaturated/α-hetero) is 1. The summed E-state index contributed by atoms with van der Waals surface area (Å²) in [7, 11) is 0. The highest BCUT2D eigenvalue weighted by Gasteiger charge is 2.42. The van der Waals surface area contributed by atoms with Gasteiger partial charge in [0.1, 0.15) is 0 Å². The number of rotatable bonds is 5. The van der Waals surface area contributed by atoms with Crippen molar-refractivity contribution >= 4 is 5.78 Å². The molecule has 2 rings (SSSR count).